The maximum absolute atomic E-state index is 12.5. The number of Topliss-reactive ketones (excluding diaryl/α,β-unsaturated/α-hetero) is 1. The average Bonchev–Trinajstić information content (AvgIpc) is 2.76. The smallest absolute Gasteiger partial charge is 0.408 e. The van der Waals surface area contributed by atoms with Gasteiger partial charge in [-0.15, -0.1) is 0 Å². The number of ketones is 1. The number of benzene rings is 2. The van der Waals surface area contributed by atoms with E-state index in [1.165, 1.54) is 0 Å². The van der Waals surface area contributed by atoms with Gasteiger partial charge in [0.05, 0.1) is 6.42 Å². The first-order valence-electron chi connectivity index (χ1n) is 9.61. The van der Waals surface area contributed by atoms with E-state index < -0.39 is 41.7 Å². The van der Waals surface area contributed by atoms with Gasteiger partial charge < -0.3 is 21.1 Å². The number of aryl methyl sites for hydroxylation is 1. The predicted octanol–water partition coefficient (Wildman–Crippen LogP) is 2.04. The zero-order valence-electron chi connectivity index (χ0n) is 16.8. The second-order valence-corrected chi connectivity index (χ2v) is 7.19. The number of primary amides is 1. The number of rotatable bonds is 11. The van der Waals surface area contributed by atoms with Gasteiger partial charge in [-0.1, -0.05) is 72.3 Å². The summed E-state index contributed by atoms with van der Waals surface area (Å²) in [5, 5.41) is 4.58. The second-order valence-electron chi connectivity index (χ2n) is 6.75. The molecule has 164 valence electrons. The fourth-order valence-corrected chi connectivity index (χ4v) is 2.88. The lowest BCUT2D eigenvalue weighted by molar-refractivity contribution is -0.129. The summed E-state index contributed by atoms with van der Waals surface area (Å²) in [4.78, 5) is 48.0. The minimum atomic E-state index is -1.33. The molecule has 31 heavy (non-hydrogen) atoms. The molecule has 0 saturated heterocycles. The van der Waals surface area contributed by atoms with Crippen LogP contribution in [0.2, 0.25) is 0 Å². The molecule has 0 spiro atoms. The topological polar surface area (TPSA) is 128 Å². The summed E-state index contributed by atoms with van der Waals surface area (Å²) in [6.45, 7) is -0.0202. The Morgan fingerprint density at radius 1 is 0.903 bits per heavy atom. The number of alkyl halides is 1. The lowest BCUT2D eigenvalue weighted by Crippen LogP contribution is -2.51. The van der Waals surface area contributed by atoms with Crippen molar-refractivity contribution in [1.82, 2.24) is 10.6 Å². The molecule has 0 bridgehead atoms. The van der Waals surface area contributed by atoms with Gasteiger partial charge in [0.2, 0.25) is 11.8 Å². The van der Waals surface area contributed by atoms with E-state index in [-0.39, 0.29) is 13.0 Å². The molecule has 0 saturated carbocycles. The molecule has 2 aromatic carbocycles. The zero-order chi connectivity index (χ0) is 22.6. The third-order valence-corrected chi connectivity index (χ3v) is 4.63. The number of hydrogen-bond acceptors (Lipinski definition) is 5. The number of halogens is 1. The van der Waals surface area contributed by atoms with E-state index in [1.807, 2.05) is 36.4 Å². The molecule has 4 N–H and O–H groups in total. The van der Waals surface area contributed by atoms with Crippen LogP contribution in [0.15, 0.2) is 60.7 Å². The first-order valence-corrected chi connectivity index (χ1v) is 10.1. The highest BCUT2D eigenvalue weighted by Gasteiger charge is 2.27. The summed E-state index contributed by atoms with van der Waals surface area (Å²) in [6, 6.07) is 16.9. The van der Waals surface area contributed by atoms with Crippen molar-refractivity contribution < 1.29 is 23.9 Å². The van der Waals surface area contributed by atoms with Crippen molar-refractivity contribution in [2.75, 3.05) is 0 Å². The van der Waals surface area contributed by atoms with E-state index in [9.17, 15) is 19.2 Å². The molecular formula is C22H24ClN3O5. The third-order valence-electron chi connectivity index (χ3n) is 4.28. The number of ether oxygens (including phenoxy) is 1. The van der Waals surface area contributed by atoms with Crippen LogP contribution in [0.25, 0.3) is 0 Å². The van der Waals surface area contributed by atoms with Crippen LogP contribution in [0.3, 0.4) is 0 Å². The van der Waals surface area contributed by atoms with Crippen LogP contribution in [-0.2, 0) is 32.1 Å². The number of carbonyl (C=O) groups excluding carboxylic acids is 4. The van der Waals surface area contributed by atoms with E-state index in [2.05, 4.69) is 10.6 Å². The molecule has 3 amide bonds. The monoisotopic (exact) mass is 445 g/mol. The lowest BCUT2D eigenvalue weighted by atomic mass is 10.1. The van der Waals surface area contributed by atoms with Crippen molar-refractivity contribution in [3.63, 3.8) is 0 Å². The molecule has 0 fully saturated rings. The zero-order valence-corrected chi connectivity index (χ0v) is 17.5. The molecule has 8 nitrogen and oxygen atoms in total. The second kappa shape index (κ2) is 12.3. The van der Waals surface area contributed by atoms with Gasteiger partial charge in [0.1, 0.15) is 12.6 Å². The molecule has 0 aliphatic heterocycles. The van der Waals surface area contributed by atoms with Gasteiger partial charge in [-0.3, -0.25) is 14.4 Å². The van der Waals surface area contributed by atoms with E-state index >= 15 is 0 Å². The van der Waals surface area contributed by atoms with Gasteiger partial charge in [-0.25, -0.2) is 4.79 Å². The molecule has 0 radical (unpaired) electrons. The van der Waals surface area contributed by atoms with Crippen molar-refractivity contribution in [3.05, 3.63) is 71.8 Å². The van der Waals surface area contributed by atoms with Crippen molar-refractivity contribution in [3.8, 4) is 0 Å². The van der Waals surface area contributed by atoms with Crippen LogP contribution in [-0.4, -0.2) is 35.2 Å². The van der Waals surface area contributed by atoms with Crippen molar-refractivity contribution in [2.24, 2.45) is 5.73 Å². The molecule has 1 unspecified atom stereocenters. The molecule has 2 rings (SSSR count). The standard InChI is InChI=1S/C22H24ClN3O5/c23-20(18(27)12-11-15-7-3-1-4-8-15)26-21(29)17(13-19(24)28)25-22(30)31-14-16-9-5-2-6-10-16/h1-10,17,20H,11-14H2,(H2,24,28)(H,25,30)(H,26,29)/t17-,20?/m0/s1. The minimum absolute atomic E-state index is 0.0202. The minimum Gasteiger partial charge on any atom is -0.445 e. The number of hydrogen-bond donors (Lipinski definition) is 3. The maximum atomic E-state index is 12.5. The predicted molar refractivity (Wildman–Crippen MR) is 115 cm³/mol. The molecule has 2 aromatic rings. The van der Waals surface area contributed by atoms with Crippen LogP contribution in [0.1, 0.15) is 24.0 Å². The van der Waals surface area contributed by atoms with Crippen LogP contribution < -0.4 is 16.4 Å². The SMILES string of the molecule is NC(=O)C[C@H](NC(=O)OCc1ccccc1)C(=O)NC(Cl)C(=O)CCc1ccccc1. The first kappa shape index (κ1) is 23.9. The Hall–Kier alpha value is -3.39. The van der Waals surface area contributed by atoms with Crippen molar-refractivity contribution in [2.45, 2.75) is 37.4 Å². The van der Waals surface area contributed by atoms with Gasteiger partial charge in [-0.05, 0) is 17.5 Å². The Morgan fingerprint density at radius 3 is 2.06 bits per heavy atom. The number of carbonyl (C=O) groups is 4. The van der Waals surface area contributed by atoms with E-state index in [0.29, 0.717) is 6.42 Å². The first-order chi connectivity index (χ1) is 14.8. The summed E-state index contributed by atoms with van der Waals surface area (Å²) in [5.41, 5.74) is 5.56. The molecule has 2 atom stereocenters. The maximum Gasteiger partial charge on any atom is 0.408 e. The summed E-state index contributed by atoms with van der Waals surface area (Å²) in [6.07, 6.45) is -0.806. The Labute approximate surface area is 185 Å². The average molecular weight is 446 g/mol. The lowest BCUT2D eigenvalue weighted by Gasteiger charge is -2.19. The third kappa shape index (κ3) is 8.88. The molecule has 0 aliphatic carbocycles. The highest BCUT2D eigenvalue weighted by molar-refractivity contribution is 6.31. The Kier molecular flexibility index (Phi) is 9.51. The highest BCUT2D eigenvalue weighted by Crippen LogP contribution is 2.07. The van der Waals surface area contributed by atoms with Crippen LogP contribution in [0, 0.1) is 0 Å². The van der Waals surface area contributed by atoms with E-state index in [1.54, 1.807) is 24.3 Å². The van der Waals surface area contributed by atoms with Gasteiger partial charge in [-0.2, -0.15) is 0 Å². The number of nitrogens with two attached hydrogens (primary N) is 1. The largest absolute Gasteiger partial charge is 0.445 e. The number of nitrogens with one attached hydrogen (secondary N) is 2. The Balaban J connectivity index is 1.86. The molecular weight excluding hydrogens is 422 g/mol. The highest BCUT2D eigenvalue weighted by atomic mass is 35.5. The van der Waals surface area contributed by atoms with Crippen LogP contribution in [0.4, 0.5) is 4.79 Å². The summed E-state index contributed by atoms with van der Waals surface area (Å²) >= 11 is 6.01. The van der Waals surface area contributed by atoms with Crippen molar-refractivity contribution in [1.29, 1.82) is 0 Å². The fourth-order valence-electron chi connectivity index (χ4n) is 2.66. The molecule has 0 aromatic heterocycles. The summed E-state index contributed by atoms with van der Waals surface area (Å²) in [5.74, 6) is -2.03. The normalized spacial score (nSPS) is 12.3. The summed E-state index contributed by atoms with van der Waals surface area (Å²) in [7, 11) is 0. The molecule has 9 heteroatoms. The quantitative estimate of drug-likeness (QED) is 0.360. The van der Waals surface area contributed by atoms with Crippen LogP contribution in [0.5, 0.6) is 0 Å². The Morgan fingerprint density at radius 2 is 1.48 bits per heavy atom. The number of amides is 3. The summed E-state index contributed by atoms with van der Waals surface area (Å²) < 4.78 is 5.05. The number of alkyl carbamates (subject to hydrolysis) is 1. The fraction of sp³-hybridized carbons (Fsp3) is 0.273. The van der Waals surface area contributed by atoms with Crippen molar-refractivity contribution >= 4 is 35.3 Å². The van der Waals surface area contributed by atoms with Crippen LogP contribution >= 0.6 is 11.6 Å². The van der Waals surface area contributed by atoms with E-state index in [4.69, 9.17) is 22.1 Å². The molecule has 0 heterocycles. The Bertz CT molecular complexity index is 893. The van der Waals surface area contributed by atoms with Gasteiger partial charge in [0.25, 0.3) is 0 Å². The molecule has 0 aliphatic rings. The van der Waals surface area contributed by atoms with Gasteiger partial charge in [0, 0.05) is 6.42 Å². The van der Waals surface area contributed by atoms with Gasteiger partial charge >= 0.3 is 6.09 Å². The van der Waals surface area contributed by atoms with E-state index in [0.717, 1.165) is 11.1 Å². The van der Waals surface area contributed by atoms with Gasteiger partial charge in [0.15, 0.2) is 11.3 Å².